The number of amides is 1. The van der Waals surface area contributed by atoms with Gasteiger partial charge < -0.3 is 19.5 Å². The molecule has 23 heavy (non-hydrogen) atoms. The summed E-state index contributed by atoms with van der Waals surface area (Å²) in [5.74, 6) is 1.65. The highest BCUT2D eigenvalue weighted by Gasteiger charge is 2.41. The quantitative estimate of drug-likeness (QED) is 0.910. The summed E-state index contributed by atoms with van der Waals surface area (Å²) >= 11 is 0. The number of carbonyl (C=O) groups excluding carboxylic acids is 1. The number of rotatable bonds is 3. The third-order valence-corrected chi connectivity index (χ3v) is 5.02. The van der Waals surface area contributed by atoms with Crippen LogP contribution in [0.25, 0.3) is 0 Å². The monoisotopic (exact) mass is 318 g/mol. The largest absolute Gasteiger partial charge is 0.454 e. The lowest BCUT2D eigenvalue weighted by atomic mass is 9.98. The van der Waals surface area contributed by atoms with Crippen molar-refractivity contribution in [3.05, 3.63) is 23.8 Å². The van der Waals surface area contributed by atoms with E-state index in [0.29, 0.717) is 12.8 Å². The van der Waals surface area contributed by atoms with Gasteiger partial charge in [-0.3, -0.25) is 9.69 Å². The van der Waals surface area contributed by atoms with Crippen molar-refractivity contribution < 1.29 is 19.0 Å². The van der Waals surface area contributed by atoms with E-state index in [1.54, 1.807) is 7.05 Å². The number of likely N-dealkylation sites (tertiary alicyclic amines) is 1. The van der Waals surface area contributed by atoms with E-state index < -0.39 is 0 Å². The van der Waals surface area contributed by atoms with E-state index in [0.717, 1.165) is 43.9 Å². The first-order chi connectivity index (χ1) is 11.2. The predicted octanol–water partition coefficient (Wildman–Crippen LogP) is 1.28. The Morgan fingerprint density at radius 2 is 2.13 bits per heavy atom. The highest BCUT2D eigenvalue weighted by molar-refractivity contribution is 5.80. The lowest BCUT2D eigenvalue weighted by molar-refractivity contribution is -0.143. The normalized spacial score (nSPS) is 29.3. The van der Waals surface area contributed by atoms with Gasteiger partial charge in [0, 0.05) is 26.2 Å². The maximum Gasteiger partial charge on any atom is 0.248 e. The smallest absolute Gasteiger partial charge is 0.248 e. The van der Waals surface area contributed by atoms with Crippen LogP contribution in [0.2, 0.25) is 0 Å². The Labute approximate surface area is 135 Å². The molecule has 0 bridgehead atoms. The van der Waals surface area contributed by atoms with Crippen molar-refractivity contribution in [1.82, 2.24) is 10.2 Å². The molecule has 0 aromatic heterocycles. The highest BCUT2D eigenvalue weighted by atomic mass is 16.7. The van der Waals surface area contributed by atoms with E-state index in [1.165, 1.54) is 5.56 Å². The summed E-state index contributed by atoms with van der Waals surface area (Å²) in [6.45, 7) is 2.19. The average Bonchev–Trinajstić information content (AvgIpc) is 3.20. The fourth-order valence-electron chi connectivity index (χ4n) is 3.84. The van der Waals surface area contributed by atoms with Crippen molar-refractivity contribution in [2.24, 2.45) is 0 Å². The molecule has 4 rings (SSSR count). The summed E-state index contributed by atoms with van der Waals surface area (Å²) < 4.78 is 16.8. The Balaban J connectivity index is 1.41. The van der Waals surface area contributed by atoms with Gasteiger partial charge in [0.25, 0.3) is 0 Å². The number of nitrogens with zero attached hydrogens (tertiary/aromatic N) is 1. The summed E-state index contributed by atoms with van der Waals surface area (Å²) in [5, 5.41) is 2.69. The van der Waals surface area contributed by atoms with Gasteiger partial charge in [-0.1, -0.05) is 6.07 Å². The van der Waals surface area contributed by atoms with Gasteiger partial charge in [-0.25, -0.2) is 0 Å². The second kappa shape index (κ2) is 6.02. The molecule has 3 atom stereocenters. The molecule has 0 unspecified atom stereocenters. The maximum absolute atomic E-state index is 11.8. The Morgan fingerprint density at radius 3 is 3.00 bits per heavy atom. The Morgan fingerprint density at radius 1 is 1.26 bits per heavy atom. The van der Waals surface area contributed by atoms with E-state index in [4.69, 9.17) is 14.2 Å². The summed E-state index contributed by atoms with van der Waals surface area (Å²) in [4.78, 5) is 14.2. The predicted molar refractivity (Wildman–Crippen MR) is 83.3 cm³/mol. The minimum atomic E-state index is -0.285. The number of fused-ring (bicyclic) bond motifs is 2. The van der Waals surface area contributed by atoms with E-state index in [2.05, 4.69) is 22.3 Å². The second-order valence-electron chi connectivity index (χ2n) is 6.37. The van der Waals surface area contributed by atoms with Crippen LogP contribution in [0.1, 0.15) is 24.8 Å². The third-order valence-electron chi connectivity index (χ3n) is 5.02. The first-order valence-electron chi connectivity index (χ1n) is 8.24. The topological polar surface area (TPSA) is 60.0 Å². The number of hydrogen-bond acceptors (Lipinski definition) is 5. The van der Waals surface area contributed by atoms with Crippen LogP contribution in [-0.2, 0) is 16.1 Å². The molecule has 3 heterocycles. The number of benzene rings is 1. The fraction of sp³-hybridized carbons (Fsp3) is 0.588. The molecule has 0 radical (unpaired) electrons. The molecule has 1 aromatic rings. The van der Waals surface area contributed by atoms with Gasteiger partial charge in [-0.15, -0.1) is 0 Å². The molecule has 1 amide bonds. The number of nitrogens with one attached hydrogen (secondary N) is 1. The summed E-state index contributed by atoms with van der Waals surface area (Å²) in [6.07, 6.45) is 2.67. The van der Waals surface area contributed by atoms with Gasteiger partial charge in [0.2, 0.25) is 12.7 Å². The molecule has 6 nitrogen and oxygen atoms in total. The summed E-state index contributed by atoms with van der Waals surface area (Å²) in [7, 11) is 1.67. The zero-order valence-corrected chi connectivity index (χ0v) is 13.3. The van der Waals surface area contributed by atoms with E-state index in [-0.39, 0.29) is 18.1 Å². The zero-order valence-electron chi connectivity index (χ0n) is 13.3. The third kappa shape index (κ3) is 2.77. The second-order valence-corrected chi connectivity index (χ2v) is 6.37. The average molecular weight is 318 g/mol. The molecule has 0 aliphatic carbocycles. The first-order valence-corrected chi connectivity index (χ1v) is 8.24. The van der Waals surface area contributed by atoms with Crippen LogP contribution in [0.15, 0.2) is 18.2 Å². The fourth-order valence-corrected chi connectivity index (χ4v) is 3.84. The molecule has 3 aliphatic rings. The van der Waals surface area contributed by atoms with Crippen LogP contribution < -0.4 is 14.8 Å². The molecule has 2 fully saturated rings. The minimum absolute atomic E-state index is 0.00216. The van der Waals surface area contributed by atoms with Crippen LogP contribution in [0.5, 0.6) is 11.5 Å². The number of ether oxygens (including phenoxy) is 3. The van der Waals surface area contributed by atoms with Crippen molar-refractivity contribution in [2.45, 2.75) is 44.1 Å². The lowest BCUT2D eigenvalue weighted by Gasteiger charge is -2.35. The molecule has 1 N–H and O–H groups in total. The van der Waals surface area contributed by atoms with Crippen molar-refractivity contribution in [1.29, 1.82) is 0 Å². The molecule has 0 spiro atoms. The lowest BCUT2D eigenvalue weighted by Crippen LogP contribution is -2.47. The van der Waals surface area contributed by atoms with Gasteiger partial charge in [0.1, 0.15) is 6.10 Å². The molecule has 3 aliphatic heterocycles. The van der Waals surface area contributed by atoms with Gasteiger partial charge in [0.15, 0.2) is 11.5 Å². The van der Waals surface area contributed by atoms with E-state index in [1.807, 2.05) is 6.07 Å². The molecular weight excluding hydrogens is 296 g/mol. The van der Waals surface area contributed by atoms with Gasteiger partial charge in [0.05, 0.1) is 6.10 Å². The number of likely N-dealkylation sites (N-methyl/N-ethyl adjacent to an activating group) is 1. The van der Waals surface area contributed by atoms with Crippen LogP contribution in [0, 0.1) is 0 Å². The van der Waals surface area contributed by atoms with Gasteiger partial charge in [-0.2, -0.15) is 0 Å². The van der Waals surface area contributed by atoms with E-state index >= 15 is 0 Å². The molecule has 0 saturated carbocycles. The SMILES string of the molecule is CNC(=O)[C@@H]1CC[C@H]2[C@H](CCN2Cc2ccc3c(c2)OCO3)O1. The van der Waals surface area contributed by atoms with Crippen molar-refractivity contribution in [2.75, 3.05) is 20.4 Å². The Bertz CT molecular complexity index is 606. The standard InChI is InChI=1S/C17H22N2O4/c1-18-17(20)15-5-3-12-13(23-15)6-7-19(12)9-11-2-4-14-16(8-11)22-10-21-14/h2,4,8,12-13,15H,3,5-7,9-10H2,1H3,(H,18,20)/t12-,13-,15-/m0/s1. The summed E-state index contributed by atoms with van der Waals surface area (Å²) in [5.41, 5.74) is 1.23. The van der Waals surface area contributed by atoms with Gasteiger partial charge >= 0.3 is 0 Å². The summed E-state index contributed by atoms with van der Waals surface area (Å²) in [6, 6.07) is 6.54. The molecular formula is C17H22N2O4. The minimum Gasteiger partial charge on any atom is -0.454 e. The Kier molecular flexibility index (Phi) is 3.87. The van der Waals surface area contributed by atoms with Crippen LogP contribution in [0.4, 0.5) is 0 Å². The molecule has 1 aromatic carbocycles. The van der Waals surface area contributed by atoms with E-state index in [9.17, 15) is 4.79 Å². The van der Waals surface area contributed by atoms with Crippen LogP contribution >= 0.6 is 0 Å². The Hall–Kier alpha value is -1.79. The zero-order chi connectivity index (χ0) is 15.8. The van der Waals surface area contributed by atoms with Gasteiger partial charge in [-0.05, 0) is 37.0 Å². The molecule has 6 heteroatoms. The molecule has 124 valence electrons. The first kappa shape index (κ1) is 14.8. The maximum atomic E-state index is 11.8. The van der Waals surface area contributed by atoms with Crippen LogP contribution in [-0.4, -0.2) is 49.4 Å². The van der Waals surface area contributed by atoms with Crippen molar-refractivity contribution in [3.8, 4) is 11.5 Å². The van der Waals surface area contributed by atoms with Crippen molar-refractivity contribution >= 4 is 5.91 Å². The number of carbonyl (C=O) groups is 1. The number of hydrogen-bond donors (Lipinski definition) is 1. The van der Waals surface area contributed by atoms with Crippen LogP contribution in [0.3, 0.4) is 0 Å². The molecule has 2 saturated heterocycles. The highest BCUT2D eigenvalue weighted by Crippen LogP contribution is 2.35. The van der Waals surface area contributed by atoms with Crippen molar-refractivity contribution in [3.63, 3.8) is 0 Å².